The van der Waals surface area contributed by atoms with Crippen molar-refractivity contribution < 1.29 is 29.0 Å². The number of anilines is 1. The van der Waals surface area contributed by atoms with Crippen molar-refractivity contribution in [3.05, 3.63) is 143 Å². The predicted molar refractivity (Wildman–Crippen MR) is 212 cm³/mol. The molecule has 1 saturated carbocycles. The highest BCUT2D eigenvalue weighted by Crippen LogP contribution is 2.65. The highest BCUT2D eigenvalue weighted by Gasteiger charge is 2.70. The standard InChI is InChI=1S/C46H44ClN3O6/c47-31-14-9-15-33(26-31)50-43(53)38-27-37-34(41(35-16-7-8-17-39(35)56-25-24-51)46(38,45(50)55)30-12-5-2-6-13-30)18-19-36-40(37)44(54)49(42(36)52)32-20-22-48(23-21-32)28-29-10-3-1-4-11-29/h1-18,26,32,36-38,40-41,51H,19-25,27-28H2. The molecule has 3 heterocycles. The number of imide groups is 2. The van der Waals surface area contributed by atoms with E-state index in [-0.39, 0.29) is 49.3 Å². The van der Waals surface area contributed by atoms with Crippen molar-refractivity contribution in [1.29, 1.82) is 0 Å². The first-order valence-electron chi connectivity index (χ1n) is 19.7. The summed E-state index contributed by atoms with van der Waals surface area (Å²) in [4.78, 5) is 65.1. The van der Waals surface area contributed by atoms with Gasteiger partial charge in [0.1, 0.15) is 12.4 Å². The third-order valence-corrected chi connectivity index (χ3v) is 13.2. The zero-order valence-corrected chi connectivity index (χ0v) is 31.8. The van der Waals surface area contributed by atoms with Crippen molar-refractivity contribution in [3.63, 3.8) is 0 Å². The number of aliphatic hydroxyl groups excluding tert-OH is 1. The Bertz CT molecular complexity index is 2200. The maximum Gasteiger partial charge on any atom is 0.246 e. The molecular formula is C46H44ClN3O6. The van der Waals surface area contributed by atoms with Gasteiger partial charge in [-0.3, -0.25) is 29.0 Å². The van der Waals surface area contributed by atoms with Crippen LogP contribution in [0.5, 0.6) is 5.75 Å². The average molecular weight is 770 g/mol. The van der Waals surface area contributed by atoms with Crippen LogP contribution in [-0.4, -0.2) is 70.9 Å². The Hall–Kier alpha value is -5.09. The van der Waals surface area contributed by atoms with Crippen LogP contribution in [0.3, 0.4) is 0 Å². The summed E-state index contributed by atoms with van der Waals surface area (Å²) in [6.45, 7) is 2.21. The lowest BCUT2D eigenvalue weighted by molar-refractivity contribution is -0.144. The molecule has 6 atom stereocenters. The lowest BCUT2D eigenvalue weighted by Gasteiger charge is -2.51. The van der Waals surface area contributed by atoms with E-state index >= 15 is 9.59 Å². The molecule has 0 aromatic heterocycles. The zero-order valence-electron chi connectivity index (χ0n) is 31.0. The quantitative estimate of drug-likeness (QED) is 0.152. The first-order valence-corrected chi connectivity index (χ1v) is 20.1. The molecule has 4 aromatic rings. The summed E-state index contributed by atoms with van der Waals surface area (Å²) in [5.41, 5.74) is 2.46. The average Bonchev–Trinajstić information content (AvgIpc) is 3.62. The fourth-order valence-corrected chi connectivity index (χ4v) is 10.8. The number of allylic oxidation sites excluding steroid dienone is 2. The fraction of sp³-hybridized carbons (Fsp3) is 0.348. The van der Waals surface area contributed by atoms with Crippen LogP contribution < -0.4 is 9.64 Å². The summed E-state index contributed by atoms with van der Waals surface area (Å²) in [5.74, 6) is -3.80. The number of hydrogen-bond acceptors (Lipinski definition) is 7. The van der Waals surface area contributed by atoms with E-state index in [1.807, 2.05) is 72.8 Å². The van der Waals surface area contributed by atoms with Crippen molar-refractivity contribution in [2.75, 3.05) is 31.2 Å². The van der Waals surface area contributed by atoms with Gasteiger partial charge in [0.25, 0.3) is 0 Å². The molecule has 4 amide bonds. The Morgan fingerprint density at radius 2 is 1.50 bits per heavy atom. The van der Waals surface area contributed by atoms with E-state index in [4.69, 9.17) is 16.3 Å². The number of amides is 4. The van der Waals surface area contributed by atoms with Crippen molar-refractivity contribution in [1.82, 2.24) is 9.80 Å². The highest BCUT2D eigenvalue weighted by atomic mass is 35.5. The Kier molecular flexibility index (Phi) is 9.64. The number of para-hydroxylation sites is 1. The van der Waals surface area contributed by atoms with E-state index in [1.54, 1.807) is 29.2 Å². The number of nitrogens with zero attached hydrogens (tertiary/aromatic N) is 3. The number of piperidine rings is 1. The highest BCUT2D eigenvalue weighted by molar-refractivity contribution is 6.32. The van der Waals surface area contributed by atoms with Crippen LogP contribution >= 0.6 is 11.6 Å². The van der Waals surface area contributed by atoms with Crippen LogP contribution in [-0.2, 0) is 31.1 Å². The molecule has 6 unspecified atom stereocenters. The van der Waals surface area contributed by atoms with Crippen LogP contribution in [0.4, 0.5) is 5.69 Å². The van der Waals surface area contributed by atoms with Crippen LogP contribution in [0.25, 0.3) is 0 Å². The first-order chi connectivity index (χ1) is 27.3. The number of fused-ring (bicyclic) bond motifs is 4. The summed E-state index contributed by atoms with van der Waals surface area (Å²) in [6, 6.07) is 33.8. The van der Waals surface area contributed by atoms with Crippen molar-refractivity contribution in [2.45, 2.75) is 49.6 Å². The molecule has 56 heavy (non-hydrogen) atoms. The molecule has 5 aliphatic rings. The predicted octanol–water partition coefficient (Wildman–Crippen LogP) is 6.54. The molecule has 3 aliphatic heterocycles. The Balaban J connectivity index is 1.13. The van der Waals surface area contributed by atoms with Crippen LogP contribution in [0.1, 0.15) is 48.3 Å². The number of halogens is 1. The van der Waals surface area contributed by atoms with Gasteiger partial charge in [0, 0.05) is 42.2 Å². The second kappa shape index (κ2) is 14.8. The normalized spacial score (nSPS) is 27.9. The summed E-state index contributed by atoms with van der Waals surface area (Å²) in [7, 11) is 0. The van der Waals surface area contributed by atoms with Crippen molar-refractivity contribution in [3.8, 4) is 5.75 Å². The van der Waals surface area contributed by atoms with E-state index < -0.39 is 35.0 Å². The molecule has 0 bridgehead atoms. The number of rotatable bonds is 9. The van der Waals surface area contributed by atoms with Gasteiger partial charge in [-0.2, -0.15) is 0 Å². The lowest BCUT2D eigenvalue weighted by Crippen LogP contribution is -2.53. The van der Waals surface area contributed by atoms with Crippen LogP contribution in [0.2, 0.25) is 5.02 Å². The smallest absolute Gasteiger partial charge is 0.246 e. The van der Waals surface area contributed by atoms with E-state index in [1.165, 1.54) is 10.5 Å². The zero-order chi connectivity index (χ0) is 38.6. The fourth-order valence-electron chi connectivity index (χ4n) is 10.7. The van der Waals surface area contributed by atoms with Gasteiger partial charge in [-0.15, -0.1) is 0 Å². The Labute approximate surface area is 331 Å². The molecule has 4 aromatic carbocycles. The van der Waals surface area contributed by atoms with Gasteiger partial charge >= 0.3 is 0 Å². The van der Waals surface area contributed by atoms with Gasteiger partial charge in [-0.05, 0) is 67.0 Å². The monoisotopic (exact) mass is 769 g/mol. The number of carbonyl (C=O) groups excluding carboxylic acids is 4. The molecule has 0 spiro atoms. The van der Waals surface area contributed by atoms with Crippen molar-refractivity contribution in [2.24, 2.45) is 23.7 Å². The number of aliphatic hydroxyl groups is 1. The van der Waals surface area contributed by atoms with Gasteiger partial charge in [-0.25, -0.2) is 4.90 Å². The van der Waals surface area contributed by atoms with Gasteiger partial charge in [-0.1, -0.05) is 108 Å². The topological polar surface area (TPSA) is 107 Å². The SMILES string of the molecule is O=C1C2CC3C(=CCC4C(=O)N(C5CCN(Cc6ccccc6)CC5)C(=O)C43)C(c3ccccc3OCCO)C2(c2ccccc2)C(=O)N1c1cccc(Cl)c1. The second-order valence-corrected chi connectivity index (χ2v) is 16.2. The second-order valence-electron chi connectivity index (χ2n) is 15.7. The summed E-state index contributed by atoms with van der Waals surface area (Å²) in [5, 5.41) is 10.2. The molecule has 9 nitrogen and oxygen atoms in total. The van der Waals surface area contributed by atoms with Gasteiger partial charge in [0.05, 0.1) is 35.5 Å². The van der Waals surface area contributed by atoms with E-state index in [0.29, 0.717) is 46.8 Å². The summed E-state index contributed by atoms with van der Waals surface area (Å²) in [6.07, 6.45) is 4.07. The van der Waals surface area contributed by atoms with Crippen molar-refractivity contribution >= 4 is 40.9 Å². The number of likely N-dealkylation sites (tertiary alicyclic amines) is 2. The molecule has 1 N–H and O–H groups in total. The van der Waals surface area contributed by atoms with Gasteiger partial charge in [0.15, 0.2) is 0 Å². The number of benzene rings is 4. The first kappa shape index (κ1) is 36.5. The third kappa shape index (κ3) is 5.82. The molecule has 0 radical (unpaired) electrons. The minimum Gasteiger partial charge on any atom is -0.491 e. The number of hydrogen-bond donors (Lipinski definition) is 1. The van der Waals surface area contributed by atoms with E-state index in [0.717, 1.165) is 25.2 Å². The van der Waals surface area contributed by atoms with E-state index in [2.05, 4.69) is 23.1 Å². The summed E-state index contributed by atoms with van der Waals surface area (Å²) < 4.78 is 6.17. The molecule has 2 aliphatic carbocycles. The Morgan fingerprint density at radius 3 is 2.23 bits per heavy atom. The molecular weight excluding hydrogens is 726 g/mol. The molecule has 286 valence electrons. The molecule has 3 saturated heterocycles. The van der Waals surface area contributed by atoms with Crippen LogP contribution in [0, 0.1) is 23.7 Å². The Morgan fingerprint density at radius 1 is 0.786 bits per heavy atom. The van der Waals surface area contributed by atoms with E-state index in [9.17, 15) is 14.7 Å². The minimum atomic E-state index is -1.41. The largest absolute Gasteiger partial charge is 0.491 e. The minimum absolute atomic E-state index is 0.0340. The van der Waals surface area contributed by atoms with Crippen LogP contribution in [0.15, 0.2) is 121 Å². The number of ether oxygens (including phenoxy) is 1. The third-order valence-electron chi connectivity index (χ3n) is 13.0. The lowest BCUT2D eigenvalue weighted by atomic mass is 9.49. The molecule has 9 rings (SSSR count). The maximum absolute atomic E-state index is 15.5. The number of carbonyl (C=O) groups is 4. The van der Waals surface area contributed by atoms with Gasteiger partial charge < -0.3 is 9.84 Å². The molecule has 10 heteroatoms. The molecule has 4 fully saturated rings. The summed E-state index contributed by atoms with van der Waals surface area (Å²) >= 11 is 6.46. The van der Waals surface area contributed by atoms with Gasteiger partial charge in [0.2, 0.25) is 23.6 Å². The maximum atomic E-state index is 15.5.